The lowest BCUT2D eigenvalue weighted by molar-refractivity contribution is 0.0246. The second-order valence-electron chi connectivity index (χ2n) is 7.09. The number of nitrogens with zero attached hydrogens (tertiary/aromatic N) is 3. The van der Waals surface area contributed by atoms with Crippen molar-refractivity contribution in [1.82, 2.24) is 20.1 Å². The van der Waals surface area contributed by atoms with Crippen molar-refractivity contribution < 1.29 is 9.53 Å². The van der Waals surface area contributed by atoms with E-state index in [1.54, 1.807) is 6.20 Å². The van der Waals surface area contributed by atoms with E-state index in [0.717, 1.165) is 35.4 Å². The third-order valence-corrected chi connectivity index (χ3v) is 5.74. The molecule has 0 spiro atoms. The van der Waals surface area contributed by atoms with Gasteiger partial charge in [-0.05, 0) is 42.7 Å². The Bertz CT molecular complexity index is 997. The zero-order valence-electron chi connectivity index (χ0n) is 15.1. The molecule has 1 N–H and O–H groups in total. The van der Waals surface area contributed by atoms with E-state index in [9.17, 15) is 4.79 Å². The van der Waals surface area contributed by atoms with Gasteiger partial charge in [0, 0.05) is 36.0 Å². The van der Waals surface area contributed by atoms with E-state index in [1.807, 2.05) is 47.4 Å². The Labute approximate surface area is 167 Å². The van der Waals surface area contributed by atoms with E-state index >= 15 is 0 Å². The number of benzene rings is 1. The van der Waals surface area contributed by atoms with Gasteiger partial charge in [0.25, 0.3) is 5.91 Å². The van der Waals surface area contributed by atoms with Crippen molar-refractivity contribution in [2.24, 2.45) is 0 Å². The first kappa shape index (κ1) is 17.4. The van der Waals surface area contributed by atoms with Crippen LogP contribution in [0.3, 0.4) is 0 Å². The molecule has 1 amide bonds. The van der Waals surface area contributed by atoms with E-state index < -0.39 is 0 Å². The van der Waals surface area contributed by atoms with E-state index in [0.29, 0.717) is 23.9 Å². The predicted molar refractivity (Wildman–Crippen MR) is 105 cm³/mol. The molecule has 1 fully saturated rings. The standard InChI is InChI=1S/C21H19ClN4O2/c22-14-6-4-13(5-7-14)20-17-18(16-3-1-2-10-23-16)24-25-19(17)21(27)26(20)15-8-11-28-12-9-15/h1-7,10,15,20H,8-9,11-12H2,(H,24,25)/t20-/m1/s1. The normalized spacial score (nSPS) is 19.8. The molecule has 2 aliphatic rings. The molecular formula is C21H19ClN4O2. The van der Waals surface area contributed by atoms with Gasteiger partial charge in [-0.15, -0.1) is 0 Å². The highest BCUT2D eigenvalue weighted by molar-refractivity contribution is 6.30. The van der Waals surface area contributed by atoms with Crippen LogP contribution < -0.4 is 0 Å². The number of hydrogen-bond acceptors (Lipinski definition) is 4. The van der Waals surface area contributed by atoms with Gasteiger partial charge in [0.05, 0.1) is 17.4 Å². The molecule has 28 heavy (non-hydrogen) atoms. The van der Waals surface area contributed by atoms with Crippen LogP contribution in [0.2, 0.25) is 5.02 Å². The van der Waals surface area contributed by atoms with E-state index in [1.165, 1.54) is 0 Å². The fourth-order valence-corrected chi connectivity index (χ4v) is 4.30. The van der Waals surface area contributed by atoms with Crippen LogP contribution in [-0.4, -0.2) is 45.2 Å². The third kappa shape index (κ3) is 2.80. The molecule has 1 saturated heterocycles. The number of halogens is 1. The number of hydrogen-bond donors (Lipinski definition) is 1. The van der Waals surface area contributed by atoms with Crippen LogP contribution in [0.25, 0.3) is 11.4 Å². The van der Waals surface area contributed by atoms with Crippen molar-refractivity contribution in [2.45, 2.75) is 24.9 Å². The Morgan fingerprint density at radius 1 is 1.11 bits per heavy atom. The molecule has 0 aliphatic carbocycles. The summed E-state index contributed by atoms with van der Waals surface area (Å²) in [6, 6.07) is 13.3. The van der Waals surface area contributed by atoms with Crippen LogP contribution in [0, 0.1) is 0 Å². The van der Waals surface area contributed by atoms with Gasteiger partial charge in [0.15, 0.2) is 5.69 Å². The summed E-state index contributed by atoms with van der Waals surface area (Å²) in [5, 5.41) is 8.10. The summed E-state index contributed by atoms with van der Waals surface area (Å²) in [7, 11) is 0. The molecule has 7 heteroatoms. The number of aromatic nitrogens is 3. The first-order valence-electron chi connectivity index (χ1n) is 9.39. The molecule has 5 rings (SSSR count). The van der Waals surface area contributed by atoms with Crippen LogP contribution in [-0.2, 0) is 4.74 Å². The number of H-pyrrole nitrogens is 1. The fourth-order valence-electron chi connectivity index (χ4n) is 4.18. The summed E-state index contributed by atoms with van der Waals surface area (Å²) in [6.07, 6.45) is 3.39. The molecule has 142 valence electrons. The van der Waals surface area contributed by atoms with Gasteiger partial charge >= 0.3 is 0 Å². The monoisotopic (exact) mass is 394 g/mol. The van der Waals surface area contributed by atoms with E-state index in [4.69, 9.17) is 16.3 Å². The maximum Gasteiger partial charge on any atom is 0.275 e. The Kier molecular flexibility index (Phi) is 4.37. The summed E-state index contributed by atoms with van der Waals surface area (Å²) < 4.78 is 5.52. The largest absolute Gasteiger partial charge is 0.381 e. The van der Waals surface area contributed by atoms with Crippen LogP contribution >= 0.6 is 11.6 Å². The van der Waals surface area contributed by atoms with Gasteiger partial charge in [-0.2, -0.15) is 5.10 Å². The highest BCUT2D eigenvalue weighted by Crippen LogP contribution is 2.44. The molecule has 0 saturated carbocycles. The molecule has 1 atom stereocenters. The highest BCUT2D eigenvalue weighted by atomic mass is 35.5. The van der Waals surface area contributed by atoms with Crippen molar-refractivity contribution in [3.8, 4) is 11.4 Å². The van der Waals surface area contributed by atoms with Crippen molar-refractivity contribution in [3.05, 3.63) is 70.5 Å². The second-order valence-corrected chi connectivity index (χ2v) is 7.52. The van der Waals surface area contributed by atoms with Crippen LogP contribution in [0.15, 0.2) is 48.7 Å². The summed E-state index contributed by atoms with van der Waals surface area (Å²) >= 11 is 6.11. The lowest BCUT2D eigenvalue weighted by Crippen LogP contribution is -2.42. The van der Waals surface area contributed by atoms with Gasteiger partial charge in [-0.1, -0.05) is 29.8 Å². The minimum absolute atomic E-state index is 0.0414. The van der Waals surface area contributed by atoms with Crippen LogP contribution in [0.1, 0.15) is 40.5 Å². The van der Waals surface area contributed by atoms with Crippen molar-refractivity contribution in [3.63, 3.8) is 0 Å². The summed E-state index contributed by atoms with van der Waals surface area (Å²) in [5.41, 5.74) is 3.95. The van der Waals surface area contributed by atoms with Gasteiger partial charge < -0.3 is 9.64 Å². The lowest BCUT2D eigenvalue weighted by atomic mass is 9.95. The molecule has 1 aromatic carbocycles. The highest BCUT2D eigenvalue weighted by Gasteiger charge is 2.45. The van der Waals surface area contributed by atoms with Crippen molar-refractivity contribution in [2.75, 3.05) is 13.2 Å². The average molecular weight is 395 g/mol. The number of amides is 1. The Morgan fingerprint density at radius 3 is 2.61 bits per heavy atom. The Hall–Kier alpha value is -2.70. The minimum atomic E-state index is -0.223. The maximum absolute atomic E-state index is 13.3. The Morgan fingerprint density at radius 2 is 1.89 bits per heavy atom. The molecule has 0 bridgehead atoms. The first-order chi connectivity index (χ1) is 13.7. The average Bonchev–Trinajstić information content (AvgIpc) is 3.29. The number of carbonyl (C=O) groups excluding carboxylic acids is 1. The molecule has 0 radical (unpaired) electrons. The summed E-state index contributed by atoms with van der Waals surface area (Å²) in [5.74, 6) is -0.0414. The quantitative estimate of drug-likeness (QED) is 0.732. The SMILES string of the molecule is O=C1c2n[nH]c(-c3ccccn3)c2[C@@H](c2ccc(Cl)cc2)N1C1CCOCC1. The summed E-state index contributed by atoms with van der Waals surface area (Å²) in [6.45, 7) is 1.33. The van der Waals surface area contributed by atoms with Crippen LogP contribution in [0.5, 0.6) is 0 Å². The molecule has 2 aromatic heterocycles. The summed E-state index contributed by atoms with van der Waals surface area (Å²) in [4.78, 5) is 19.8. The minimum Gasteiger partial charge on any atom is -0.381 e. The number of nitrogens with one attached hydrogen (secondary N) is 1. The van der Waals surface area contributed by atoms with E-state index in [-0.39, 0.29) is 18.0 Å². The number of aromatic amines is 1. The number of rotatable bonds is 3. The second kappa shape index (κ2) is 7.04. The molecule has 0 unspecified atom stereocenters. The molecule has 4 heterocycles. The number of fused-ring (bicyclic) bond motifs is 1. The smallest absolute Gasteiger partial charge is 0.275 e. The lowest BCUT2D eigenvalue weighted by Gasteiger charge is -2.36. The van der Waals surface area contributed by atoms with E-state index in [2.05, 4.69) is 15.2 Å². The zero-order chi connectivity index (χ0) is 19.1. The van der Waals surface area contributed by atoms with Gasteiger partial charge in [0.2, 0.25) is 0 Å². The molecule has 3 aromatic rings. The van der Waals surface area contributed by atoms with Crippen LogP contribution in [0.4, 0.5) is 0 Å². The molecule has 6 nitrogen and oxygen atoms in total. The molecule has 2 aliphatic heterocycles. The number of carbonyl (C=O) groups is 1. The first-order valence-corrected chi connectivity index (χ1v) is 9.77. The predicted octanol–water partition coefficient (Wildman–Crippen LogP) is 3.85. The van der Waals surface area contributed by atoms with Gasteiger partial charge in [-0.3, -0.25) is 14.9 Å². The zero-order valence-corrected chi connectivity index (χ0v) is 15.9. The van der Waals surface area contributed by atoms with Gasteiger partial charge in [0.1, 0.15) is 0 Å². The molecular weight excluding hydrogens is 376 g/mol. The fraction of sp³-hybridized carbons (Fsp3) is 0.286. The Balaban J connectivity index is 1.66. The maximum atomic E-state index is 13.3. The topological polar surface area (TPSA) is 71.1 Å². The number of pyridine rings is 1. The van der Waals surface area contributed by atoms with Gasteiger partial charge in [-0.25, -0.2) is 0 Å². The number of ether oxygens (including phenoxy) is 1. The van der Waals surface area contributed by atoms with Crippen molar-refractivity contribution >= 4 is 17.5 Å². The van der Waals surface area contributed by atoms with Crippen molar-refractivity contribution in [1.29, 1.82) is 0 Å². The third-order valence-electron chi connectivity index (χ3n) is 5.48.